The van der Waals surface area contributed by atoms with Crippen LogP contribution in [0.25, 0.3) is 10.9 Å². The summed E-state index contributed by atoms with van der Waals surface area (Å²) in [6, 6.07) is 5.00. The Morgan fingerprint density at radius 2 is 2.05 bits per heavy atom. The van der Waals surface area contributed by atoms with Gasteiger partial charge >= 0.3 is 0 Å². The van der Waals surface area contributed by atoms with E-state index in [0.29, 0.717) is 12.1 Å². The van der Waals surface area contributed by atoms with Crippen molar-refractivity contribution < 1.29 is 13.9 Å². The summed E-state index contributed by atoms with van der Waals surface area (Å²) in [5.41, 5.74) is 2.28. The highest BCUT2D eigenvalue weighted by molar-refractivity contribution is 5.92. The Balaban J connectivity index is 2.57. The average molecular weight is 278 g/mol. The van der Waals surface area contributed by atoms with E-state index in [1.165, 1.54) is 13.2 Å². The molecule has 1 heterocycles. The molecule has 0 spiro atoms. The molecule has 0 unspecified atom stereocenters. The zero-order valence-corrected chi connectivity index (χ0v) is 12.0. The second kappa shape index (κ2) is 6.52. The van der Waals surface area contributed by atoms with Gasteiger partial charge < -0.3 is 14.8 Å². The predicted octanol–water partition coefficient (Wildman–Crippen LogP) is 3.35. The lowest BCUT2D eigenvalue weighted by molar-refractivity contribution is 0.182. The molecule has 0 saturated heterocycles. The van der Waals surface area contributed by atoms with Gasteiger partial charge in [-0.3, -0.25) is 4.98 Å². The summed E-state index contributed by atoms with van der Waals surface area (Å²) in [6.07, 6.45) is 1.00. The Bertz CT molecular complexity index is 602. The Labute approximate surface area is 117 Å². The highest BCUT2D eigenvalue weighted by Gasteiger charge is 2.11. The van der Waals surface area contributed by atoms with E-state index in [9.17, 15) is 4.39 Å². The Kier molecular flexibility index (Phi) is 4.74. The van der Waals surface area contributed by atoms with Gasteiger partial charge in [0.05, 0.1) is 24.9 Å². The van der Waals surface area contributed by atoms with Crippen LogP contribution >= 0.6 is 0 Å². The summed E-state index contributed by atoms with van der Waals surface area (Å²) in [5.74, 6) is -0.193. The zero-order valence-electron chi connectivity index (χ0n) is 12.0. The van der Waals surface area contributed by atoms with Crippen molar-refractivity contribution >= 4 is 16.6 Å². The number of methoxy groups -OCH3 is 2. The van der Waals surface area contributed by atoms with Crippen molar-refractivity contribution in [1.29, 1.82) is 0 Å². The molecule has 108 valence electrons. The van der Waals surface area contributed by atoms with Crippen molar-refractivity contribution in [2.24, 2.45) is 0 Å². The summed E-state index contributed by atoms with van der Waals surface area (Å²) in [6.45, 7) is 3.32. The normalized spacial score (nSPS) is 10.8. The van der Waals surface area contributed by atoms with E-state index in [2.05, 4.69) is 17.2 Å². The minimum atomic E-state index is -0.413. The first-order valence-electron chi connectivity index (χ1n) is 6.59. The number of rotatable bonds is 6. The van der Waals surface area contributed by atoms with Gasteiger partial charge in [0.1, 0.15) is 0 Å². The van der Waals surface area contributed by atoms with Crippen molar-refractivity contribution in [2.75, 3.05) is 26.1 Å². The molecular formula is C15H19FN2O2. The van der Waals surface area contributed by atoms with E-state index in [-0.39, 0.29) is 5.75 Å². The highest BCUT2D eigenvalue weighted by Crippen LogP contribution is 2.29. The number of pyridine rings is 1. The van der Waals surface area contributed by atoms with Gasteiger partial charge in [-0.1, -0.05) is 6.92 Å². The first-order chi connectivity index (χ1) is 9.69. The Hall–Kier alpha value is -1.88. The van der Waals surface area contributed by atoms with Gasteiger partial charge in [0.25, 0.3) is 0 Å². The molecule has 0 aliphatic rings. The molecule has 1 aromatic carbocycles. The van der Waals surface area contributed by atoms with Gasteiger partial charge in [-0.2, -0.15) is 0 Å². The number of halogens is 1. The van der Waals surface area contributed by atoms with E-state index in [0.717, 1.165) is 29.7 Å². The zero-order chi connectivity index (χ0) is 14.5. The summed E-state index contributed by atoms with van der Waals surface area (Å²) in [4.78, 5) is 4.41. The minimum absolute atomic E-state index is 0.221. The van der Waals surface area contributed by atoms with Gasteiger partial charge in [0.2, 0.25) is 0 Å². The number of hydrogen-bond acceptors (Lipinski definition) is 4. The lowest BCUT2D eigenvalue weighted by Crippen LogP contribution is -2.04. The van der Waals surface area contributed by atoms with Crippen LogP contribution in [0.2, 0.25) is 0 Å². The van der Waals surface area contributed by atoms with Gasteiger partial charge in [-0.25, -0.2) is 4.39 Å². The van der Waals surface area contributed by atoms with Gasteiger partial charge in [-0.05, 0) is 18.6 Å². The monoisotopic (exact) mass is 278 g/mol. The molecule has 0 saturated carbocycles. The number of hydrogen-bond donors (Lipinski definition) is 1. The molecule has 20 heavy (non-hydrogen) atoms. The molecule has 4 nitrogen and oxygen atoms in total. The van der Waals surface area contributed by atoms with Crippen molar-refractivity contribution in [3.8, 4) is 5.75 Å². The van der Waals surface area contributed by atoms with Gasteiger partial charge in [0.15, 0.2) is 11.6 Å². The van der Waals surface area contributed by atoms with Crippen LogP contribution in [0.4, 0.5) is 10.1 Å². The molecule has 1 aromatic heterocycles. The standard InChI is InChI=1S/C15H19FN2O2/c1-4-5-17-13-6-10(9-19-2)18-14-8-12(16)15(20-3)7-11(13)14/h6-8H,4-5,9H2,1-3H3,(H,17,18). The fraction of sp³-hybridized carbons (Fsp3) is 0.400. The molecule has 0 bridgehead atoms. The molecule has 0 aliphatic heterocycles. The minimum Gasteiger partial charge on any atom is -0.494 e. The number of nitrogens with one attached hydrogen (secondary N) is 1. The molecule has 0 aliphatic carbocycles. The van der Waals surface area contributed by atoms with Crippen LogP contribution < -0.4 is 10.1 Å². The maximum Gasteiger partial charge on any atom is 0.167 e. The molecule has 0 atom stereocenters. The van der Waals surface area contributed by atoms with Gasteiger partial charge in [0, 0.05) is 30.8 Å². The quantitative estimate of drug-likeness (QED) is 0.880. The Morgan fingerprint density at radius 1 is 1.25 bits per heavy atom. The number of fused-ring (bicyclic) bond motifs is 1. The van der Waals surface area contributed by atoms with Crippen LogP contribution in [-0.4, -0.2) is 25.7 Å². The lowest BCUT2D eigenvalue weighted by Gasteiger charge is -2.12. The molecule has 0 amide bonds. The first-order valence-corrected chi connectivity index (χ1v) is 6.59. The summed E-state index contributed by atoms with van der Waals surface area (Å²) < 4.78 is 23.9. The predicted molar refractivity (Wildman–Crippen MR) is 77.7 cm³/mol. The van der Waals surface area contributed by atoms with Crippen LogP contribution in [0.3, 0.4) is 0 Å². The second-order valence-electron chi connectivity index (χ2n) is 4.52. The molecule has 0 fully saturated rings. The smallest absolute Gasteiger partial charge is 0.167 e. The SMILES string of the molecule is CCCNc1cc(COC)nc2cc(F)c(OC)cc12. The van der Waals surface area contributed by atoms with Crippen LogP contribution in [0.5, 0.6) is 5.75 Å². The van der Waals surface area contributed by atoms with Crippen LogP contribution in [0.15, 0.2) is 18.2 Å². The van der Waals surface area contributed by atoms with Crippen LogP contribution in [0.1, 0.15) is 19.0 Å². The van der Waals surface area contributed by atoms with E-state index in [1.807, 2.05) is 6.07 Å². The molecule has 0 radical (unpaired) electrons. The lowest BCUT2D eigenvalue weighted by atomic mass is 10.1. The number of benzene rings is 1. The fourth-order valence-corrected chi connectivity index (χ4v) is 2.07. The number of nitrogens with zero attached hydrogens (tertiary/aromatic N) is 1. The van der Waals surface area contributed by atoms with Crippen molar-refractivity contribution in [1.82, 2.24) is 4.98 Å². The summed E-state index contributed by atoms with van der Waals surface area (Å²) in [7, 11) is 3.07. The maximum absolute atomic E-state index is 13.8. The number of ether oxygens (including phenoxy) is 2. The average Bonchev–Trinajstić information content (AvgIpc) is 2.44. The summed E-state index contributed by atoms with van der Waals surface area (Å²) >= 11 is 0. The second-order valence-corrected chi connectivity index (χ2v) is 4.52. The van der Waals surface area contributed by atoms with Crippen molar-refractivity contribution in [3.05, 3.63) is 29.7 Å². The molecule has 5 heteroatoms. The third-order valence-electron chi connectivity index (χ3n) is 2.99. The molecule has 2 aromatic rings. The third-order valence-corrected chi connectivity index (χ3v) is 2.99. The molecular weight excluding hydrogens is 259 g/mol. The molecule has 2 rings (SSSR count). The number of anilines is 1. The largest absolute Gasteiger partial charge is 0.494 e. The maximum atomic E-state index is 13.8. The highest BCUT2D eigenvalue weighted by atomic mass is 19.1. The van der Waals surface area contributed by atoms with Crippen LogP contribution in [0, 0.1) is 5.82 Å². The van der Waals surface area contributed by atoms with E-state index in [1.54, 1.807) is 13.2 Å². The number of aromatic nitrogens is 1. The van der Waals surface area contributed by atoms with Crippen molar-refractivity contribution in [2.45, 2.75) is 20.0 Å². The third kappa shape index (κ3) is 2.99. The van der Waals surface area contributed by atoms with Crippen LogP contribution in [-0.2, 0) is 11.3 Å². The topological polar surface area (TPSA) is 43.4 Å². The molecule has 1 N–H and O–H groups in total. The van der Waals surface area contributed by atoms with Crippen molar-refractivity contribution in [3.63, 3.8) is 0 Å². The van der Waals surface area contributed by atoms with E-state index < -0.39 is 5.82 Å². The fourth-order valence-electron chi connectivity index (χ4n) is 2.07. The van der Waals surface area contributed by atoms with E-state index >= 15 is 0 Å². The first kappa shape index (κ1) is 14.5. The van der Waals surface area contributed by atoms with Gasteiger partial charge in [-0.15, -0.1) is 0 Å². The van der Waals surface area contributed by atoms with E-state index in [4.69, 9.17) is 9.47 Å². The summed E-state index contributed by atoms with van der Waals surface area (Å²) in [5, 5.41) is 4.18. The Morgan fingerprint density at radius 3 is 2.70 bits per heavy atom.